The minimum atomic E-state index is 0.0809. The minimum absolute atomic E-state index is 0.0809. The zero-order valence-corrected chi connectivity index (χ0v) is 33.8. The third-order valence-corrected chi connectivity index (χ3v) is 12.8. The van der Waals surface area contributed by atoms with Crippen LogP contribution >= 0.6 is 11.8 Å². The second-order valence-corrected chi connectivity index (χ2v) is 16.6. The molecule has 1 unspecified atom stereocenters. The van der Waals surface area contributed by atoms with E-state index in [2.05, 4.69) is 126 Å². The number of aliphatic imine (C=N–C) groups is 1. The Bertz CT molecular complexity index is 3370. The number of para-hydroxylation sites is 1. The first-order chi connectivity index (χ1) is 30.2. The van der Waals surface area contributed by atoms with Crippen LogP contribution in [0.3, 0.4) is 0 Å². The Balaban J connectivity index is 0.850. The van der Waals surface area contributed by atoms with Gasteiger partial charge in [-0.2, -0.15) is 0 Å². The highest BCUT2D eigenvalue weighted by Gasteiger charge is 2.29. The van der Waals surface area contributed by atoms with Crippen molar-refractivity contribution in [2.75, 3.05) is 0 Å². The Labute approximate surface area is 356 Å². The topological polar surface area (TPSA) is 82.0 Å². The average molecular weight is 805 g/mol. The lowest BCUT2D eigenvalue weighted by atomic mass is 10.0. The van der Waals surface area contributed by atoms with E-state index in [4.69, 9.17) is 29.3 Å². The van der Waals surface area contributed by atoms with Gasteiger partial charge in [-0.15, -0.1) is 0 Å². The highest BCUT2D eigenvalue weighted by atomic mass is 32.2. The molecule has 6 aromatic carbocycles. The molecule has 7 nitrogen and oxygen atoms in total. The average Bonchev–Trinajstić information content (AvgIpc) is 4.06. The van der Waals surface area contributed by atoms with E-state index in [1.54, 1.807) is 11.8 Å². The van der Waals surface area contributed by atoms with Crippen molar-refractivity contribution in [1.82, 2.24) is 24.5 Å². The molecular weight excluding hydrogens is 769 g/mol. The van der Waals surface area contributed by atoms with Crippen LogP contribution in [-0.2, 0) is 0 Å². The molecular formula is C53H36N6OS. The molecule has 1 atom stereocenters. The van der Waals surface area contributed by atoms with Gasteiger partial charge in [0.05, 0.1) is 17.1 Å². The molecule has 3 aromatic heterocycles. The lowest BCUT2D eigenvalue weighted by molar-refractivity contribution is 0.620. The minimum Gasteiger partial charge on any atom is -0.436 e. The number of hydrogen-bond donors (Lipinski definition) is 0. The number of rotatable bonds is 7. The molecule has 2 aliphatic carbocycles. The zero-order valence-electron chi connectivity index (χ0n) is 32.9. The van der Waals surface area contributed by atoms with Crippen molar-refractivity contribution in [3.05, 3.63) is 198 Å². The second-order valence-electron chi connectivity index (χ2n) is 15.5. The van der Waals surface area contributed by atoms with Crippen molar-refractivity contribution < 1.29 is 4.42 Å². The van der Waals surface area contributed by atoms with Gasteiger partial charge in [-0.05, 0) is 96.6 Å². The summed E-state index contributed by atoms with van der Waals surface area (Å²) in [5.41, 5.74) is 12.4. The third kappa shape index (κ3) is 6.44. The molecule has 0 fully saturated rings. The van der Waals surface area contributed by atoms with E-state index >= 15 is 0 Å². The fourth-order valence-electron chi connectivity index (χ4n) is 8.62. The maximum Gasteiger partial charge on any atom is 0.227 e. The molecule has 61 heavy (non-hydrogen) atoms. The largest absolute Gasteiger partial charge is 0.436 e. The van der Waals surface area contributed by atoms with Crippen molar-refractivity contribution >= 4 is 60.9 Å². The number of thioether (sulfide) groups is 1. The molecule has 3 aliphatic rings. The van der Waals surface area contributed by atoms with Crippen LogP contribution in [0, 0.1) is 0 Å². The number of allylic oxidation sites excluding steroid dienone is 6. The van der Waals surface area contributed by atoms with Gasteiger partial charge in [0, 0.05) is 43.6 Å². The smallest absolute Gasteiger partial charge is 0.227 e. The van der Waals surface area contributed by atoms with E-state index in [9.17, 15) is 0 Å². The van der Waals surface area contributed by atoms with Crippen molar-refractivity contribution in [1.29, 1.82) is 0 Å². The Kier molecular flexibility index (Phi) is 8.55. The summed E-state index contributed by atoms with van der Waals surface area (Å²) in [4.78, 5) is 26.3. The standard InChI is InChI=1S/C53H36N6OS/c1-4-13-33(14-5-1)49-56-50(34-15-6-2-7-16-34)58-51(57-49)38-23-26-43-48(31-38)61-53(55-43)39-20-12-19-36(29-39)37-24-27-46-42(30-37)41-21-10-11-22-45(41)59(46)40-25-28-47-44(32-40)54-52(60-47)35-17-8-3-9-18-35/h1-6,8-15,17-25,27-32,43H,7,16,26H2. The number of nitrogens with zero attached hydrogens (tertiary/aromatic N) is 6. The SMILES string of the molecule is C1=CCCC(c2nc(C3=CCC4N=C(c5cccc(-c6ccc7c(c6)c6ccccc6n7-c6ccc7oc(-c8ccccc8)nc7c6)c5)SC4=C3)nc(-c3ccccc3)n2)=C1. The molecule has 9 aromatic rings. The molecule has 0 saturated heterocycles. The number of oxazole rings is 1. The van der Waals surface area contributed by atoms with Crippen LogP contribution in [-0.4, -0.2) is 35.6 Å². The van der Waals surface area contributed by atoms with Gasteiger partial charge in [-0.3, -0.25) is 4.99 Å². The summed E-state index contributed by atoms with van der Waals surface area (Å²) >= 11 is 1.75. The Morgan fingerprint density at radius 1 is 0.607 bits per heavy atom. The third-order valence-electron chi connectivity index (χ3n) is 11.7. The monoisotopic (exact) mass is 804 g/mol. The van der Waals surface area contributed by atoms with Gasteiger partial charge < -0.3 is 8.98 Å². The fourth-order valence-corrected chi connectivity index (χ4v) is 9.74. The Morgan fingerprint density at radius 2 is 1.36 bits per heavy atom. The lowest BCUT2D eigenvalue weighted by Gasteiger charge is -2.16. The molecule has 4 heterocycles. The Hall–Kier alpha value is -7.42. The number of fused-ring (bicyclic) bond motifs is 5. The summed E-state index contributed by atoms with van der Waals surface area (Å²) < 4.78 is 8.48. The molecule has 0 saturated carbocycles. The summed E-state index contributed by atoms with van der Waals surface area (Å²) in [6.45, 7) is 0. The highest BCUT2D eigenvalue weighted by molar-refractivity contribution is 8.18. The van der Waals surface area contributed by atoms with E-state index in [0.717, 1.165) is 96.9 Å². The van der Waals surface area contributed by atoms with Crippen LogP contribution in [0.1, 0.15) is 36.5 Å². The van der Waals surface area contributed by atoms with E-state index in [0.29, 0.717) is 17.5 Å². The maximum absolute atomic E-state index is 6.16. The molecule has 8 heteroatoms. The van der Waals surface area contributed by atoms with E-state index < -0.39 is 0 Å². The molecule has 0 N–H and O–H groups in total. The second kappa shape index (κ2) is 14.7. The van der Waals surface area contributed by atoms with Gasteiger partial charge in [0.1, 0.15) is 10.6 Å². The van der Waals surface area contributed by atoms with Crippen LogP contribution in [0.15, 0.2) is 190 Å². The van der Waals surface area contributed by atoms with Gasteiger partial charge in [0.2, 0.25) is 5.89 Å². The highest BCUT2D eigenvalue weighted by Crippen LogP contribution is 2.42. The molecule has 0 radical (unpaired) electrons. The molecule has 290 valence electrons. The van der Waals surface area contributed by atoms with E-state index in [1.807, 2.05) is 54.6 Å². The van der Waals surface area contributed by atoms with Crippen LogP contribution in [0.2, 0.25) is 0 Å². The molecule has 0 spiro atoms. The molecule has 12 rings (SSSR count). The lowest BCUT2D eigenvalue weighted by Crippen LogP contribution is -2.09. The summed E-state index contributed by atoms with van der Waals surface area (Å²) in [6, 6.07) is 50.8. The van der Waals surface area contributed by atoms with Crippen molar-refractivity contribution in [3.8, 4) is 39.7 Å². The Morgan fingerprint density at radius 3 is 2.23 bits per heavy atom. The van der Waals surface area contributed by atoms with Gasteiger partial charge >= 0.3 is 0 Å². The van der Waals surface area contributed by atoms with E-state index in [1.165, 1.54) is 15.7 Å². The zero-order chi connectivity index (χ0) is 40.3. The molecule has 0 bridgehead atoms. The summed E-state index contributed by atoms with van der Waals surface area (Å²) in [6.07, 6.45) is 13.6. The van der Waals surface area contributed by atoms with Crippen LogP contribution in [0.4, 0.5) is 0 Å². The predicted octanol–water partition coefficient (Wildman–Crippen LogP) is 13.1. The van der Waals surface area contributed by atoms with Gasteiger partial charge in [0.25, 0.3) is 0 Å². The van der Waals surface area contributed by atoms with Gasteiger partial charge in [-0.25, -0.2) is 19.9 Å². The first-order valence-electron chi connectivity index (χ1n) is 20.6. The van der Waals surface area contributed by atoms with Crippen molar-refractivity contribution in [2.45, 2.75) is 25.3 Å². The van der Waals surface area contributed by atoms with Crippen molar-refractivity contribution in [3.63, 3.8) is 0 Å². The fraction of sp³-hybridized carbons (Fsp3) is 0.0755. The number of aromatic nitrogens is 5. The summed E-state index contributed by atoms with van der Waals surface area (Å²) in [5, 5.41) is 3.42. The number of hydrogen-bond acceptors (Lipinski definition) is 7. The number of benzene rings is 6. The predicted molar refractivity (Wildman–Crippen MR) is 249 cm³/mol. The summed E-state index contributed by atoms with van der Waals surface area (Å²) in [7, 11) is 0. The van der Waals surface area contributed by atoms with Gasteiger partial charge in [0.15, 0.2) is 23.1 Å². The molecule has 0 amide bonds. The first kappa shape index (κ1) is 35.5. The van der Waals surface area contributed by atoms with Crippen LogP contribution in [0.25, 0.3) is 83.7 Å². The first-order valence-corrected chi connectivity index (χ1v) is 21.5. The normalized spacial score (nSPS) is 16.1. The summed E-state index contributed by atoms with van der Waals surface area (Å²) in [5.74, 6) is 2.76. The van der Waals surface area contributed by atoms with Crippen LogP contribution < -0.4 is 0 Å². The van der Waals surface area contributed by atoms with Crippen molar-refractivity contribution in [2.24, 2.45) is 4.99 Å². The quantitative estimate of drug-likeness (QED) is 0.160. The van der Waals surface area contributed by atoms with Gasteiger partial charge in [-0.1, -0.05) is 127 Å². The van der Waals surface area contributed by atoms with E-state index in [-0.39, 0.29) is 6.04 Å². The molecule has 1 aliphatic heterocycles. The van der Waals surface area contributed by atoms with Crippen LogP contribution in [0.5, 0.6) is 0 Å². The maximum atomic E-state index is 6.16.